The summed E-state index contributed by atoms with van der Waals surface area (Å²) in [4.78, 5) is 24.3. The molecule has 6 heteroatoms. The molecule has 2 fully saturated rings. The molecule has 2 aliphatic heterocycles. The van der Waals surface area contributed by atoms with Crippen molar-refractivity contribution in [3.8, 4) is 0 Å². The summed E-state index contributed by atoms with van der Waals surface area (Å²) in [7, 11) is 0. The Hall–Kier alpha value is -1.85. The lowest BCUT2D eigenvalue weighted by atomic mass is 9.97. The number of rotatable bonds is 3. The number of aromatic nitrogens is 2. The number of hydrogen-bond donors (Lipinski definition) is 1. The molecule has 0 saturated carbocycles. The first-order chi connectivity index (χ1) is 10.6. The molecule has 0 unspecified atom stereocenters. The smallest absolute Gasteiger partial charge is 0.306 e. The monoisotopic (exact) mass is 304 g/mol. The van der Waals surface area contributed by atoms with E-state index in [1.54, 1.807) is 6.33 Å². The van der Waals surface area contributed by atoms with Crippen LogP contribution in [0.4, 0.5) is 11.6 Å². The Kier molecular flexibility index (Phi) is 4.45. The van der Waals surface area contributed by atoms with Crippen LogP contribution in [0.25, 0.3) is 0 Å². The SMILES string of the molecule is CC1CCN(c2cc(N3CCC(C(=O)O)CC3)ncn2)CC1. The molecule has 120 valence electrons. The van der Waals surface area contributed by atoms with E-state index in [9.17, 15) is 4.79 Å². The molecule has 2 aliphatic rings. The molecule has 1 aromatic rings. The highest BCUT2D eigenvalue weighted by atomic mass is 16.4. The Bertz CT molecular complexity index is 521. The normalized spacial score (nSPS) is 21.1. The van der Waals surface area contributed by atoms with Gasteiger partial charge in [0.15, 0.2) is 0 Å². The molecule has 3 rings (SSSR count). The zero-order chi connectivity index (χ0) is 15.5. The number of aliphatic carboxylic acids is 1. The fourth-order valence-electron chi connectivity index (χ4n) is 3.28. The van der Waals surface area contributed by atoms with Gasteiger partial charge >= 0.3 is 5.97 Å². The number of carbonyl (C=O) groups is 1. The molecule has 0 spiro atoms. The molecular weight excluding hydrogens is 280 g/mol. The topological polar surface area (TPSA) is 69.6 Å². The van der Waals surface area contributed by atoms with Crippen molar-refractivity contribution in [3.05, 3.63) is 12.4 Å². The van der Waals surface area contributed by atoms with Gasteiger partial charge in [-0.3, -0.25) is 4.79 Å². The van der Waals surface area contributed by atoms with Gasteiger partial charge in [-0.2, -0.15) is 0 Å². The highest BCUT2D eigenvalue weighted by Crippen LogP contribution is 2.26. The van der Waals surface area contributed by atoms with Gasteiger partial charge in [-0.1, -0.05) is 6.92 Å². The lowest BCUT2D eigenvalue weighted by Gasteiger charge is -2.33. The van der Waals surface area contributed by atoms with Crippen LogP contribution in [0.1, 0.15) is 32.6 Å². The summed E-state index contributed by atoms with van der Waals surface area (Å²) in [6.07, 6.45) is 5.43. The van der Waals surface area contributed by atoms with E-state index < -0.39 is 5.97 Å². The predicted octanol–water partition coefficient (Wildman–Crippen LogP) is 2.01. The fourth-order valence-corrected chi connectivity index (χ4v) is 3.28. The Morgan fingerprint density at radius 3 is 2.05 bits per heavy atom. The van der Waals surface area contributed by atoms with Crippen molar-refractivity contribution in [2.24, 2.45) is 11.8 Å². The lowest BCUT2D eigenvalue weighted by molar-refractivity contribution is -0.142. The van der Waals surface area contributed by atoms with E-state index in [4.69, 9.17) is 5.11 Å². The molecule has 0 amide bonds. The molecular formula is C16H24N4O2. The van der Waals surface area contributed by atoms with E-state index in [0.717, 1.165) is 43.7 Å². The maximum absolute atomic E-state index is 11.0. The second kappa shape index (κ2) is 6.50. The maximum atomic E-state index is 11.0. The molecule has 0 radical (unpaired) electrons. The maximum Gasteiger partial charge on any atom is 0.306 e. The number of hydrogen-bond acceptors (Lipinski definition) is 5. The first kappa shape index (κ1) is 15.1. The van der Waals surface area contributed by atoms with Crippen LogP contribution in [0.3, 0.4) is 0 Å². The second-order valence-electron chi connectivity index (χ2n) is 6.50. The molecule has 0 aromatic carbocycles. The minimum atomic E-state index is -0.675. The zero-order valence-electron chi connectivity index (χ0n) is 13.1. The summed E-state index contributed by atoms with van der Waals surface area (Å²) in [5.74, 6) is 1.84. The summed E-state index contributed by atoms with van der Waals surface area (Å²) in [5, 5.41) is 9.08. The van der Waals surface area contributed by atoms with Gasteiger partial charge in [-0.05, 0) is 31.6 Å². The Labute approximate surface area is 131 Å². The molecule has 0 bridgehead atoms. The number of carboxylic acid groups (broad SMARTS) is 1. The Morgan fingerprint density at radius 2 is 1.55 bits per heavy atom. The van der Waals surface area contributed by atoms with Crippen molar-refractivity contribution in [2.75, 3.05) is 36.0 Å². The Balaban J connectivity index is 1.66. The molecule has 22 heavy (non-hydrogen) atoms. The van der Waals surface area contributed by atoms with Crippen molar-refractivity contribution in [1.82, 2.24) is 9.97 Å². The average Bonchev–Trinajstić information content (AvgIpc) is 2.56. The molecule has 3 heterocycles. The summed E-state index contributed by atoms with van der Waals surface area (Å²) in [5.41, 5.74) is 0. The second-order valence-corrected chi connectivity index (χ2v) is 6.50. The van der Waals surface area contributed by atoms with Gasteiger partial charge in [0.25, 0.3) is 0 Å². The van der Waals surface area contributed by atoms with Gasteiger partial charge in [0.1, 0.15) is 18.0 Å². The Morgan fingerprint density at radius 1 is 1.05 bits per heavy atom. The summed E-state index contributed by atoms with van der Waals surface area (Å²) >= 11 is 0. The van der Waals surface area contributed by atoms with Crippen LogP contribution in [0.2, 0.25) is 0 Å². The van der Waals surface area contributed by atoms with E-state index in [1.807, 2.05) is 0 Å². The zero-order valence-corrected chi connectivity index (χ0v) is 13.1. The van der Waals surface area contributed by atoms with Gasteiger partial charge in [0, 0.05) is 32.2 Å². The summed E-state index contributed by atoms with van der Waals surface area (Å²) in [6.45, 7) is 5.92. The van der Waals surface area contributed by atoms with Crippen molar-refractivity contribution in [3.63, 3.8) is 0 Å². The van der Waals surface area contributed by atoms with Crippen LogP contribution in [-0.2, 0) is 4.79 Å². The first-order valence-corrected chi connectivity index (χ1v) is 8.18. The molecule has 2 saturated heterocycles. The van der Waals surface area contributed by atoms with Crippen LogP contribution in [0.5, 0.6) is 0 Å². The van der Waals surface area contributed by atoms with E-state index in [0.29, 0.717) is 12.8 Å². The summed E-state index contributed by atoms with van der Waals surface area (Å²) in [6, 6.07) is 2.05. The third-order valence-electron chi connectivity index (χ3n) is 4.91. The lowest BCUT2D eigenvalue weighted by Crippen LogP contribution is -2.37. The van der Waals surface area contributed by atoms with Crippen LogP contribution in [0.15, 0.2) is 12.4 Å². The molecule has 1 N–H and O–H groups in total. The van der Waals surface area contributed by atoms with E-state index >= 15 is 0 Å². The highest BCUT2D eigenvalue weighted by Gasteiger charge is 2.25. The average molecular weight is 304 g/mol. The van der Waals surface area contributed by atoms with Crippen molar-refractivity contribution in [2.45, 2.75) is 32.6 Å². The van der Waals surface area contributed by atoms with Crippen LogP contribution < -0.4 is 9.80 Å². The largest absolute Gasteiger partial charge is 0.481 e. The molecule has 6 nitrogen and oxygen atoms in total. The predicted molar refractivity (Wildman–Crippen MR) is 85.2 cm³/mol. The number of carboxylic acids is 1. The third-order valence-corrected chi connectivity index (χ3v) is 4.91. The van der Waals surface area contributed by atoms with Gasteiger partial charge in [0.05, 0.1) is 5.92 Å². The molecule has 0 atom stereocenters. The van der Waals surface area contributed by atoms with E-state index in [-0.39, 0.29) is 5.92 Å². The van der Waals surface area contributed by atoms with Gasteiger partial charge < -0.3 is 14.9 Å². The standard InChI is InChI=1S/C16H24N4O2/c1-12-2-6-19(7-3-12)14-10-15(18-11-17-14)20-8-4-13(5-9-20)16(21)22/h10-13H,2-9H2,1H3,(H,21,22). The number of piperidine rings is 2. The number of anilines is 2. The van der Waals surface area contributed by atoms with Gasteiger partial charge in [-0.25, -0.2) is 9.97 Å². The fraction of sp³-hybridized carbons (Fsp3) is 0.688. The quantitative estimate of drug-likeness (QED) is 0.921. The first-order valence-electron chi connectivity index (χ1n) is 8.18. The third kappa shape index (κ3) is 3.31. The van der Waals surface area contributed by atoms with Crippen molar-refractivity contribution >= 4 is 17.6 Å². The summed E-state index contributed by atoms with van der Waals surface area (Å²) < 4.78 is 0. The highest BCUT2D eigenvalue weighted by molar-refractivity contribution is 5.70. The van der Waals surface area contributed by atoms with Crippen LogP contribution >= 0.6 is 0 Å². The van der Waals surface area contributed by atoms with E-state index in [2.05, 4.69) is 32.8 Å². The van der Waals surface area contributed by atoms with Crippen LogP contribution in [-0.4, -0.2) is 47.2 Å². The van der Waals surface area contributed by atoms with Crippen molar-refractivity contribution < 1.29 is 9.90 Å². The van der Waals surface area contributed by atoms with Gasteiger partial charge in [0.2, 0.25) is 0 Å². The van der Waals surface area contributed by atoms with E-state index in [1.165, 1.54) is 12.8 Å². The molecule has 0 aliphatic carbocycles. The molecule has 1 aromatic heterocycles. The number of nitrogens with zero attached hydrogens (tertiary/aromatic N) is 4. The van der Waals surface area contributed by atoms with Gasteiger partial charge in [-0.15, -0.1) is 0 Å². The van der Waals surface area contributed by atoms with Crippen LogP contribution in [0, 0.1) is 11.8 Å². The minimum absolute atomic E-state index is 0.207. The minimum Gasteiger partial charge on any atom is -0.481 e. The van der Waals surface area contributed by atoms with Crippen molar-refractivity contribution in [1.29, 1.82) is 0 Å².